The molecule has 88 valence electrons. The Labute approximate surface area is 98.1 Å². The first kappa shape index (κ1) is 12.8. The molecule has 2 nitrogen and oxygen atoms in total. The van der Waals surface area contributed by atoms with Crippen LogP contribution >= 0.6 is 0 Å². The molecular weight excluding hydrogens is 198 g/mol. The maximum absolute atomic E-state index is 11.4. The van der Waals surface area contributed by atoms with Crippen molar-refractivity contribution in [2.45, 2.75) is 39.5 Å². The average molecular weight is 219 g/mol. The summed E-state index contributed by atoms with van der Waals surface area (Å²) in [5.74, 6) is 0.206. The van der Waals surface area contributed by atoms with E-state index in [9.17, 15) is 4.79 Å². The molecule has 0 heterocycles. The molecule has 0 aromatic heterocycles. The van der Waals surface area contributed by atoms with Gasteiger partial charge in [0.05, 0.1) is 0 Å². The van der Waals surface area contributed by atoms with E-state index in [2.05, 4.69) is 12.2 Å². The smallest absolute Gasteiger partial charge is 0.162 e. The monoisotopic (exact) mass is 219 g/mol. The second-order valence-electron chi connectivity index (χ2n) is 3.99. The van der Waals surface area contributed by atoms with Gasteiger partial charge in [-0.1, -0.05) is 26.7 Å². The number of hydrogen-bond donors (Lipinski definition) is 1. The van der Waals surface area contributed by atoms with Gasteiger partial charge in [0.2, 0.25) is 0 Å². The normalized spacial score (nSPS) is 10.1. The Morgan fingerprint density at radius 1 is 1.12 bits per heavy atom. The van der Waals surface area contributed by atoms with Crippen molar-refractivity contribution < 1.29 is 4.79 Å². The minimum absolute atomic E-state index is 0.206. The van der Waals surface area contributed by atoms with Gasteiger partial charge in [-0.25, -0.2) is 0 Å². The topological polar surface area (TPSA) is 29.1 Å². The number of ketones is 1. The van der Waals surface area contributed by atoms with Crippen molar-refractivity contribution >= 4 is 11.5 Å². The van der Waals surface area contributed by atoms with E-state index in [1.54, 1.807) is 0 Å². The van der Waals surface area contributed by atoms with E-state index in [0.717, 1.165) is 17.8 Å². The fraction of sp³-hybridized carbons (Fsp3) is 0.500. The lowest BCUT2D eigenvalue weighted by Crippen LogP contribution is -2.02. The molecule has 0 atom stereocenters. The maximum Gasteiger partial charge on any atom is 0.162 e. The number of anilines is 1. The van der Waals surface area contributed by atoms with Crippen LogP contribution in [-0.2, 0) is 0 Å². The summed E-state index contributed by atoms with van der Waals surface area (Å²) in [7, 11) is 0. The Bertz CT molecular complexity index is 316. The lowest BCUT2D eigenvalue weighted by molar-refractivity contribution is 0.0988. The van der Waals surface area contributed by atoms with Crippen LogP contribution in [0.1, 0.15) is 49.9 Å². The highest BCUT2D eigenvalue weighted by Crippen LogP contribution is 2.11. The number of benzene rings is 1. The molecule has 0 amide bonds. The van der Waals surface area contributed by atoms with E-state index >= 15 is 0 Å². The van der Waals surface area contributed by atoms with Gasteiger partial charge in [-0.05, 0) is 30.7 Å². The largest absolute Gasteiger partial charge is 0.385 e. The molecule has 1 aromatic carbocycles. The molecule has 0 unspecified atom stereocenters. The third-order valence-corrected chi connectivity index (χ3v) is 2.64. The van der Waals surface area contributed by atoms with Gasteiger partial charge in [0.1, 0.15) is 0 Å². The molecule has 1 N–H and O–H groups in total. The summed E-state index contributed by atoms with van der Waals surface area (Å²) < 4.78 is 0. The highest BCUT2D eigenvalue weighted by Gasteiger charge is 2.01. The molecule has 0 aliphatic carbocycles. The van der Waals surface area contributed by atoms with E-state index in [1.807, 2.05) is 31.2 Å². The summed E-state index contributed by atoms with van der Waals surface area (Å²) in [6, 6.07) is 7.76. The highest BCUT2D eigenvalue weighted by atomic mass is 16.1. The van der Waals surface area contributed by atoms with Crippen LogP contribution in [0, 0.1) is 0 Å². The molecule has 0 saturated carbocycles. The fourth-order valence-electron chi connectivity index (χ4n) is 1.59. The number of nitrogens with one attached hydrogen (secondary N) is 1. The summed E-state index contributed by atoms with van der Waals surface area (Å²) in [6.07, 6.45) is 4.28. The number of hydrogen-bond acceptors (Lipinski definition) is 2. The van der Waals surface area contributed by atoms with Gasteiger partial charge >= 0.3 is 0 Å². The van der Waals surface area contributed by atoms with Crippen molar-refractivity contribution in [2.24, 2.45) is 0 Å². The minimum Gasteiger partial charge on any atom is -0.385 e. The number of unbranched alkanes of at least 4 members (excludes halogenated alkanes) is 2. The lowest BCUT2D eigenvalue weighted by Gasteiger charge is -2.06. The van der Waals surface area contributed by atoms with Crippen molar-refractivity contribution in [3.8, 4) is 0 Å². The van der Waals surface area contributed by atoms with Gasteiger partial charge in [-0.15, -0.1) is 0 Å². The number of Topliss-reactive ketones (excluding diaryl/α,β-unsaturated/α-hetero) is 1. The molecule has 0 bridgehead atoms. The number of rotatable bonds is 7. The number of carbonyl (C=O) groups is 1. The van der Waals surface area contributed by atoms with Crippen molar-refractivity contribution in [2.75, 3.05) is 11.9 Å². The van der Waals surface area contributed by atoms with Gasteiger partial charge in [-0.2, -0.15) is 0 Å². The molecular formula is C14H21NO. The van der Waals surface area contributed by atoms with Crippen molar-refractivity contribution in [1.82, 2.24) is 0 Å². The van der Waals surface area contributed by atoms with Crippen LogP contribution in [-0.4, -0.2) is 12.3 Å². The Morgan fingerprint density at radius 3 is 2.38 bits per heavy atom. The van der Waals surface area contributed by atoms with Crippen LogP contribution in [0.5, 0.6) is 0 Å². The van der Waals surface area contributed by atoms with Crippen LogP contribution < -0.4 is 5.32 Å². The lowest BCUT2D eigenvalue weighted by atomic mass is 10.1. The van der Waals surface area contributed by atoms with Crippen LogP contribution in [0.4, 0.5) is 5.69 Å². The Kier molecular flexibility index (Phi) is 5.62. The quantitative estimate of drug-likeness (QED) is 0.557. The zero-order valence-electron chi connectivity index (χ0n) is 10.3. The molecule has 16 heavy (non-hydrogen) atoms. The average Bonchev–Trinajstić information content (AvgIpc) is 2.34. The zero-order chi connectivity index (χ0) is 11.8. The minimum atomic E-state index is 0.206. The standard InChI is InChI=1S/C14H21NO/c1-3-5-6-11-15-13-9-7-12(8-10-13)14(16)4-2/h7-10,15H,3-6,11H2,1-2H3. The van der Waals surface area contributed by atoms with Gasteiger partial charge in [-0.3, -0.25) is 4.79 Å². The molecule has 0 aliphatic rings. The van der Waals surface area contributed by atoms with E-state index in [4.69, 9.17) is 0 Å². The molecule has 1 rings (SSSR count). The molecule has 1 aromatic rings. The summed E-state index contributed by atoms with van der Waals surface area (Å²) in [6.45, 7) is 5.10. The molecule has 0 fully saturated rings. The molecule has 0 spiro atoms. The van der Waals surface area contributed by atoms with Crippen LogP contribution in [0.25, 0.3) is 0 Å². The van der Waals surface area contributed by atoms with Crippen molar-refractivity contribution in [3.63, 3.8) is 0 Å². The van der Waals surface area contributed by atoms with Crippen molar-refractivity contribution in [3.05, 3.63) is 29.8 Å². The molecule has 0 saturated heterocycles. The van der Waals surface area contributed by atoms with Gasteiger partial charge in [0.25, 0.3) is 0 Å². The van der Waals surface area contributed by atoms with Gasteiger partial charge in [0, 0.05) is 24.2 Å². The Hall–Kier alpha value is -1.31. The van der Waals surface area contributed by atoms with E-state index < -0.39 is 0 Å². The molecule has 2 heteroatoms. The maximum atomic E-state index is 11.4. The summed E-state index contributed by atoms with van der Waals surface area (Å²) in [5.41, 5.74) is 1.91. The third-order valence-electron chi connectivity index (χ3n) is 2.64. The number of carbonyl (C=O) groups excluding carboxylic acids is 1. The Morgan fingerprint density at radius 2 is 1.81 bits per heavy atom. The summed E-state index contributed by atoms with van der Waals surface area (Å²) >= 11 is 0. The van der Waals surface area contributed by atoms with Crippen LogP contribution in [0.15, 0.2) is 24.3 Å². The second kappa shape index (κ2) is 7.04. The summed E-state index contributed by atoms with van der Waals surface area (Å²) in [4.78, 5) is 11.4. The molecule has 0 radical (unpaired) electrons. The Balaban J connectivity index is 2.42. The van der Waals surface area contributed by atoms with E-state index in [0.29, 0.717) is 6.42 Å². The van der Waals surface area contributed by atoms with Gasteiger partial charge < -0.3 is 5.32 Å². The fourth-order valence-corrected chi connectivity index (χ4v) is 1.59. The first-order valence-electron chi connectivity index (χ1n) is 6.15. The van der Waals surface area contributed by atoms with E-state index in [1.165, 1.54) is 19.3 Å². The van der Waals surface area contributed by atoms with Crippen molar-refractivity contribution in [1.29, 1.82) is 0 Å². The van der Waals surface area contributed by atoms with Crippen LogP contribution in [0.3, 0.4) is 0 Å². The second-order valence-corrected chi connectivity index (χ2v) is 3.99. The SMILES string of the molecule is CCCCCNc1ccc(C(=O)CC)cc1. The summed E-state index contributed by atoms with van der Waals surface area (Å²) in [5, 5.41) is 3.35. The predicted octanol–water partition coefficient (Wildman–Crippen LogP) is 3.88. The molecule has 0 aliphatic heterocycles. The third kappa shape index (κ3) is 4.05. The highest BCUT2D eigenvalue weighted by molar-refractivity contribution is 5.96. The van der Waals surface area contributed by atoms with Gasteiger partial charge in [0.15, 0.2) is 5.78 Å². The van der Waals surface area contributed by atoms with Crippen LogP contribution in [0.2, 0.25) is 0 Å². The van der Waals surface area contributed by atoms with E-state index in [-0.39, 0.29) is 5.78 Å². The first-order valence-corrected chi connectivity index (χ1v) is 6.15. The zero-order valence-corrected chi connectivity index (χ0v) is 10.3. The first-order chi connectivity index (χ1) is 7.77. The predicted molar refractivity (Wildman–Crippen MR) is 69.1 cm³/mol.